The van der Waals surface area contributed by atoms with E-state index in [0.717, 1.165) is 83.5 Å². The Kier molecular flexibility index (Phi) is 32.3. The average molecular weight is 838 g/mol. The van der Waals surface area contributed by atoms with Gasteiger partial charge in [-0.05, 0) is 70.1 Å². The Morgan fingerprint density at radius 1 is 0.810 bits per heavy atom. The van der Waals surface area contributed by atoms with E-state index < -0.39 is 50.6 Å². The lowest BCUT2D eigenvalue weighted by Gasteiger charge is -2.20. The van der Waals surface area contributed by atoms with E-state index in [9.17, 15) is 34.1 Å². The van der Waals surface area contributed by atoms with Gasteiger partial charge < -0.3 is 30.3 Å². The highest BCUT2D eigenvalue weighted by Gasteiger charge is 2.39. The number of ketones is 1. The van der Waals surface area contributed by atoms with E-state index in [-0.39, 0.29) is 50.7 Å². The molecule has 0 aromatic rings. The predicted octanol–water partition coefficient (Wildman–Crippen LogP) is 9.08. The van der Waals surface area contributed by atoms with Crippen molar-refractivity contribution in [3.63, 3.8) is 0 Å². The molecule has 1 aliphatic carbocycles. The van der Waals surface area contributed by atoms with Gasteiger partial charge in [-0.2, -0.15) is 0 Å². The summed E-state index contributed by atoms with van der Waals surface area (Å²) < 4.78 is 32.8. The maximum atomic E-state index is 12.7. The van der Waals surface area contributed by atoms with Gasteiger partial charge in [0.25, 0.3) is 0 Å². The van der Waals surface area contributed by atoms with Gasteiger partial charge >= 0.3 is 19.8 Å². The van der Waals surface area contributed by atoms with Crippen molar-refractivity contribution in [2.45, 2.75) is 167 Å². The highest BCUT2D eigenvalue weighted by molar-refractivity contribution is 7.47. The minimum Gasteiger partial charge on any atom is -0.462 e. The van der Waals surface area contributed by atoms with Gasteiger partial charge in [-0.25, -0.2) is 4.57 Å². The Hall–Kier alpha value is -2.70. The largest absolute Gasteiger partial charge is 0.472 e. The number of phosphoric ester groups is 1. The molecule has 0 radical (unpaired) electrons. The number of hydrogen-bond acceptors (Lipinski definition) is 11. The molecule has 1 aliphatic rings. The van der Waals surface area contributed by atoms with E-state index in [4.69, 9.17) is 24.3 Å². The molecule has 58 heavy (non-hydrogen) atoms. The van der Waals surface area contributed by atoms with Gasteiger partial charge in [0, 0.05) is 31.7 Å². The Morgan fingerprint density at radius 2 is 1.43 bits per heavy atom. The second kappa shape index (κ2) is 35.1. The van der Waals surface area contributed by atoms with Crippen LogP contribution in [0.2, 0.25) is 0 Å². The van der Waals surface area contributed by atoms with Crippen molar-refractivity contribution in [2.24, 2.45) is 17.6 Å². The number of phosphoric acid groups is 1. The maximum Gasteiger partial charge on any atom is 0.472 e. The van der Waals surface area contributed by atoms with Crippen LogP contribution in [0.3, 0.4) is 0 Å². The summed E-state index contributed by atoms with van der Waals surface area (Å²) in [6, 6.07) is 0. The first kappa shape index (κ1) is 53.3. The first-order chi connectivity index (χ1) is 28.0. The number of nitrogens with two attached hydrogens (primary N) is 1. The molecule has 0 aliphatic heterocycles. The molecule has 13 heteroatoms. The van der Waals surface area contributed by atoms with Crippen LogP contribution in [0.25, 0.3) is 0 Å². The van der Waals surface area contributed by atoms with Crippen LogP contribution in [0.4, 0.5) is 0 Å². The Labute approximate surface area is 349 Å². The first-order valence-corrected chi connectivity index (χ1v) is 23.4. The monoisotopic (exact) mass is 838 g/mol. The van der Waals surface area contributed by atoms with Crippen molar-refractivity contribution in [3.8, 4) is 0 Å². The number of aliphatic hydroxyl groups excluding tert-OH is 2. The zero-order valence-electron chi connectivity index (χ0n) is 35.5. The highest BCUT2D eigenvalue weighted by Crippen LogP contribution is 2.43. The van der Waals surface area contributed by atoms with Crippen LogP contribution in [0.5, 0.6) is 0 Å². The van der Waals surface area contributed by atoms with Crippen molar-refractivity contribution in [3.05, 3.63) is 60.8 Å². The van der Waals surface area contributed by atoms with Crippen molar-refractivity contribution >= 4 is 25.5 Å². The summed E-state index contributed by atoms with van der Waals surface area (Å²) in [6.45, 7) is 3.19. The van der Waals surface area contributed by atoms with E-state index >= 15 is 0 Å². The number of Topliss-reactive ketones (excluding diaryl/α,β-unsaturated/α-hetero) is 1. The van der Waals surface area contributed by atoms with Crippen molar-refractivity contribution in [1.82, 2.24) is 0 Å². The molecule has 1 unspecified atom stereocenters. The molecule has 1 rings (SSSR count). The molecule has 0 aromatic heterocycles. The zero-order valence-corrected chi connectivity index (χ0v) is 36.4. The number of hydrogen-bond donors (Lipinski definition) is 4. The van der Waals surface area contributed by atoms with Crippen LogP contribution in [-0.2, 0) is 37.5 Å². The fourth-order valence-electron chi connectivity index (χ4n) is 6.53. The summed E-state index contributed by atoms with van der Waals surface area (Å²) in [7, 11) is -4.45. The number of rotatable bonds is 36. The second-order valence-corrected chi connectivity index (χ2v) is 16.4. The van der Waals surface area contributed by atoms with Crippen molar-refractivity contribution < 1.29 is 52.6 Å². The topological polar surface area (TPSA) is 192 Å². The van der Waals surface area contributed by atoms with Crippen LogP contribution >= 0.6 is 7.82 Å². The molecule has 6 atom stereocenters. The highest BCUT2D eigenvalue weighted by atomic mass is 31.2. The van der Waals surface area contributed by atoms with E-state index in [0.29, 0.717) is 32.1 Å². The molecular weight excluding hydrogens is 761 g/mol. The average Bonchev–Trinajstić information content (AvgIpc) is 3.47. The minimum absolute atomic E-state index is 0.00542. The summed E-state index contributed by atoms with van der Waals surface area (Å²) >= 11 is 0. The lowest BCUT2D eigenvalue weighted by molar-refractivity contribution is -0.161. The van der Waals surface area contributed by atoms with E-state index in [1.165, 1.54) is 0 Å². The molecule has 1 saturated carbocycles. The predicted molar refractivity (Wildman–Crippen MR) is 230 cm³/mol. The molecular formula is C45H76NO11P. The number of carbonyl (C=O) groups is 3. The smallest absolute Gasteiger partial charge is 0.462 e. The maximum absolute atomic E-state index is 12.7. The van der Waals surface area contributed by atoms with Gasteiger partial charge in [0.15, 0.2) is 6.10 Å². The number of aliphatic hydroxyl groups is 2. The Bertz CT molecular complexity index is 1300. The molecule has 0 amide bonds. The van der Waals surface area contributed by atoms with Crippen LogP contribution in [0.1, 0.15) is 149 Å². The molecule has 1 fully saturated rings. The molecule has 5 N–H and O–H groups in total. The van der Waals surface area contributed by atoms with Crippen molar-refractivity contribution in [2.75, 3.05) is 26.4 Å². The van der Waals surface area contributed by atoms with Gasteiger partial charge in [-0.3, -0.25) is 23.4 Å². The SMILES string of the molecule is CC/C=C\C/C=C\C/C=C\C/C=C\CCCCCCC(=O)OC[C@H](COP(=O)(O)OCCN)OC(=O)CCCCCC[C@H]1[C@@H](O)CC(=O)[C@@H]1/C=C/[C@@H](O)CCCCC. The summed E-state index contributed by atoms with van der Waals surface area (Å²) in [6.07, 6.45) is 34.4. The summed E-state index contributed by atoms with van der Waals surface area (Å²) in [5, 5.41) is 20.8. The van der Waals surface area contributed by atoms with E-state index in [2.05, 4.69) is 62.5 Å². The number of unbranched alkanes of at least 4 members (excludes halogenated alkanes) is 9. The molecule has 332 valence electrons. The summed E-state index contributed by atoms with van der Waals surface area (Å²) in [5.41, 5.74) is 5.34. The van der Waals surface area contributed by atoms with E-state index in [1.807, 2.05) is 0 Å². The van der Waals surface area contributed by atoms with Gasteiger partial charge in [0.2, 0.25) is 0 Å². The van der Waals surface area contributed by atoms with Gasteiger partial charge in [-0.1, -0.05) is 126 Å². The minimum atomic E-state index is -4.45. The molecule has 12 nitrogen and oxygen atoms in total. The van der Waals surface area contributed by atoms with Crippen LogP contribution < -0.4 is 5.73 Å². The second-order valence-electron chi connectivity index (χ2n) is 15.0. The lowest BCUT2D eigenvalue weighted by Crippen LogP contribution is -2.29. The third kappa shape index (κ3) is 28.7. The van der Waals surface area contributed by atoms with Crippen LogP contribution in [0, 0.1) is 11.8 Å². The molecule has 0 spiro atoms. The molecule has 0 aromatic carbocycles. The third-order valence-corrected chi connectivity index (χ3v) is 10.8. The number of carbonyl (C=O) groups excluding carboxylic acids is 3. The fourth-order valence-corrected chi connectivity index (χ4v) is 7.29. The van der Waals surface area contributed by atoms with Gasteiger partial charge in [0.1, 0.15) is 12.4 Å². The van der Waals surface area contributed by atoms with Gasteiger partial charge in [-0.15, -0.1) is 0 Å². The fraction of sp³-hybridized carbons (Fsp3) is 0.711. The molecule has 0 saturated heterocycles. The Balaban J connectivity index is 2.40. The summed E-state index contributed by atoms with van der Waals surface area (Å²) in [4.78, 5) is 47.6. The molecule has 0 heterocycles. The third-order valence-electron chi connectivity index (χ3n) is 9.79. The number of ether oxygens (including phenoxy) is 2. The molecule has 0 bridgehead atoms. The van der Waals surface area contributed by atoms with Gasteiger partial charge in [0.05, 0.1) is 25.4 Å². The number of esters is 2. The quantitative estimate of drug-likeness (QED) is 0.0203. The van der Waals surface area contributed by atoms with E-state index in [1.54, 1.807) is 12.2 Å². The standard InChI is InChI=1S/C45H76NO11P/c1-3-5-7-8-9-10-11-12-13-14-15-16-17-18-19-20-25-29-44(50)54-36-39(37-56-58(52,53)55-34-33-46)57-45(51)30-26-22-21-24-28-40-41(43(49)35-42(40)48)32-31-38(47)27-23-6-4-2/h5,7,9-10,12-13,15-16,31-32,38-42,47-48H,3-4,6,8,11,14,17-30,33-37,46H2,1-2H3,(H,52,53)/b7-5-,10-9-,13-12-,16-15-,32-31+/t38-,39+,40+,41+,42-/m0/s1. The zero-order chi connectivity index (χ0) is 42.7. The Morgan fingerprint density at radius 3 is 2.09 bits per heavy atom. The number of allylic oxidation sites excluding steroid dienone is 9. The normalized spacial score (nSPS) is 19.6. The lowest BCUT2D eigenvalue weighted by atomic mass is 9.88. The summed E-state index contributed by atoms with van der Waals surface area (Å²) in [5.74, 6) is -1.62. The van der Waals surface area contributed by atoms with Crippen LogP contribution in [0.15, 0.2) is 60.8 Å². The van der Waals surface area contributed by atoms with Crippen molar-refractivity contribution in [1.29, 1.82) is 0 Å². The van der Waals surface area contributed by atoms with Crippen LogP contribution in [-0.4, -0.2) is 77.5 Å². The first-order valence-electron chi connectivity index (χ1n) is 21.9.